The summed E-state index contributed by atoms with van der Waals surface area (Å²) in [5, 5.41) is 8.82. The summed E-state index contributed by atoms with van der Waals surface area (Å²) in [6, 6.07) is 10.1. The van der Waals surface area contributed by atoms with E-state index in [4.69, 9.17) is 12.2 Å². The first-order valence-corrected chi connectivity index (χ1v) is 10.1. The molecule has 3 heterocycles. The lowest BCUT2D eigenvalue weighted by molar-refractivity contribution is 0.194. The van der Waals surface area contributed by atoms with Gasteiger partial charge in [0.25, 0.3) is 0 Å². The van der Waals surface area contributed by atoms with Gasteiger partial charge in [-0.2, -0.15) is 0 Å². The molecule has 0 spiro atoms. The lowest BCUT2D eigenvalue weighted by Gasteiger charge is -2.34. The molecule has 0 unspecified atom stereocenters. The Morgan fingerprint density at radius 3 is 2.63 bits per heavy atom. The van der Waals surface area contributed by atoms with E-state index >= 15 is 0 Å². The Hall–Kier alpha value is -2.36. The van der Waals surface area contributed by atoms with Crippen molar-refractivity contribution in [3.8, 4) is 0 Å². The summed E-state index contributed by atoms with van der Waals surface area (Å²) in [6.07, 6.45) is 3.57. The topological polar surface area (TPSA) is 62.1 Å². The van der Waals surface area contributed by atoms with Gasteiger partial charge in [0.05, 0.1) is 6.67 Å². The zero-order valence-electron chi connectivity index (χ0n) is 15.1. The lowest BCUT2D eigenvalue weighted by atomic mass is 10.2. The van der Waals surface area contributed by atoms with Crippen LogP contribution >= 0.6 is 23.6 Å². The van der Waals surface area contributed by atoms with Gasteiger partial charge in [0.1, 0.15) is 0 Å². The number of hydrogen-bond acceptors (Lipinski definition) is 8. The van der Waals surface area contributed by atoms with Crippen LogP contribution in [0.25, 0.3) is 0 Å². The number of benzene rings is 1. The maximum Gasteiger partial charge on any atom is 0.225 e. The molecule has 0 aliphatic carbocycles. The van der Waals surface area contributed by atoms with Gasteiger partial charge in [-0.3, -0.25) is 4.90 Å². The minimum absolute atomic E-state index is 0.703. The van der Waals surface area contributed by atoms with Gasteiger partial charge in [0, 0.05) is 44.3 Å². The molecule has 0 saturated carbocycles. The summed E-state index contributed by atoms with van der Waals surface area (Å²) < 4.78 is 2.67. The predicted molar refractivity (Wildman–Crippen MR) is 111 cm³/mol. The molecule has 0 radical (unpaired) electrons. The molecule has 1 aromatic carbocycles. The van der Waals surface area contributed by atoms with Crippen LogP contribution in [0.3, 0.4) is 0 Å². The third-order valence-electron chi connectivity index (χ3n) is 4.42. The van der Waals surface area contributed by atoms with Crippen molar-refractivity contribution in [1.29, 1.82) is 0 Å². The van der Waals surface area contributed by atoms with E-state index in [0.29, 0.717) is 6.67 Å². The normalized spacial score (nSPS) is 15.1. The monoisotopic (exact) mass is 399 g/mol. The highest BCUT2D eigenvalue weighted by Gasteiger charge is 2.19. The Labute approximate surface area is 167 Å². The molecular formula is C18H21N7S2. The average molecular weight is 400 g/mol. The summed E-state index contributed by atoms with van der Waals surface area (Å²) in [6.45, 7) is 6.43. The Morgan fingerprint density at radius 1 is 1.11 bits per heavy atom. The molecule has 2 aromatic heterocycles. The van der Waals surface area contributed by atoms with E-state index in [1.807, 2.05) is 22.9 Å². The maximum absolute atomic E-state index is 5.50. The second-order valence-corrected chi connectivity index (χ2v) is 8.09. The maximum atomic E-state index is 5.50. The summed E-state index contributed by atoms with van der Waals surface area (Å²) in [7, 11) is 0. The molecule has 0 atom stereocenters. The minimum atomic E-state index is 0.703. The third-order valence-corrected chi connectivity index (χ3v) is 5.64. The van der Waals surface area contributed by atoms with Gasteiger partial charge in [-0.25, -0.2) is 14.6 Å². The molecule has 1 aliphatic rings. The molecule has 7 nitrogen and oxygen atoms in total. The highest BCUT2D eigenvalue weighted by molar-refractivity contribution is 7.73. The molecule has 4 rings (SSSR count). The number of nitrogens with one attached hydrogen (secondary N) is 1. The van der Waals surface area contributed by atoms with Gasteiger partial charge < -0.3 is 10.2 Å². The quantitative estimate of drug-likeness (QED) is 0.661. The van der Waals surface area contributed by atoms with E-state index in [1.54, 1.807) is 12.4 Å². The Bertz CT molecular complexity index is 946. The first-order valence-electron chi connectivity index (χ1n) is 8.83. The average Bonchev–Trinajstić information content (AvgIpc) is 3.02. The van der Waals surface area contributed by atoms with Crippen LogP contribution in [-0.2, 0) is 6.67 Å². The van der Waals surface area contributed by atoms with Gasteiger partial charge in [0.15, 0.2) is 3.95 Å². The number of anilines is 3. The molecule has 140 valence electrons. The largest absolute Gasteiger partial charge is 0.338 e. The highest BCUT2D eigenvalue weighted by atomic mass is 32.1. The highest BCUT2D eigenvalue weighted by Crippen LogP contribution is 2.21. The van der Waals surface area contributed by atoms with E-state index in [2.05, 4.69) is 49.2 Å². The third kappa shape index (κ3) is 4.49. The van der Waals surface area contributed by atoms with E-state index in [1.165, 1.54) is 16.9 Å². The van der Waals surface area contributed by atoms with Crippen molar-refractivity contribution in [1.82, 2.24) is 24.6 Å². The minimum Gasteiger partial charge on any atom is -0.338 e. The van der Waals surface area contributed by atoms with Gasteiger partial charge in [0.2, 0.25) is 11.1 Å². The first kappa shape index (κ1) is 18.0. The summed E-state index contributed by atoms with van der Waals surface area (Å²) in [5.41, 5.74) is 2.24. The molecule has 1 saturated heterocycles. The van der Waals surface area contributed by atoms with E-state index in [9.17, 15) is 0 Å². The second-order valence-electron chi connectivity index (χ2n) is 6.46. The van der Waals surface area contributed by atoms with Crippen LogP contribution in [0.5, 0.6) is 0 Å². The van der Waals surface area contributed by atoms with Crippen molar-refractivity contribution in [3.63, 3.8) is 0 Å². The van der Waals surface area contributed by atoms with Crippen LogP contribution < -0.4 is 10.2 Å². The molecule has 9 heteroatoms. The van der Waals surface area contributed by atoms with Gasteiger partial charge in [-0.1, -0.05) is 23.5 Å². The number of nitrogens with zero attached hydrogens (tertiary/aromatic N) is 6. The fourth-order valence-corrected chi connectivity index (χ4v) is 4.04. The van der Waals surface area contributed by atoms with Crippen molar-refractivity contribution in [2.24, 2.45) is 0 Å². The van der Waals surface area contributed by atoms with Gasteiger partial charge >= 0.3 is 0 Å². The first-order chi connectivity index (χ1) is 13.2. The lowest BCUT2D eigenvalue weighted by Crippen LogP contribution is -2.47. The molecule has 1 fully saturated rings. The van der Waals surface area contributed by atoms with Crippen LogP contribution in [0, 0.1) is 10.9 Å². The molecule has 27 heavy (non-hydrogen) atoms. The number of aryl methyl sites for hydroxylation is 1. The SMILES string of the molecule is Cc1cccc(Nc2nn(CN3CCN(c4ncccn4)CC3)c(=S)s2)c1. The van der Waals surface area contributed by atoms with Crippen molar-refractivity contribution in [2.45, 2.75) is 13.6 Å². The Kier molecular flexibility index (Phi) is 5.42. The molecule has 0 amide bonds. The Balaban J connectivity index is 1.36. The summed E-state index contributed by atoms with van der Waals surface area (Å²) in [5.74, 6) is 0.798. The van der Waals surface area contributed by atoms with Crippen molar-refractivity contribution >= 4 is 40.3 Å². The molecule has 1 N–H and O–H groups in total. The van der Waals surface area contributed by atoms with E-state index in [0.717, 1.165) is 46.9 Å². The van der Waals surface area contributed by atoms with Crippen LogP contribution in [0.1, 0.15) is 5.56 Å². The summed E-state index contributed by atoms with van der Waals surface area (Å²) in [4.78, 5) is 13.2. The zero-order chi connectivity index (χ0) is 18.6. The molecular weight excluding hydrogens is 378 g/mol. The van der Waals surface area contributed by atoms with Crippen molar-refractivity contribution in [2.75, 3.05) is 36.4 Å². The zero-order valence-corrected chi connectivity index (χ0v) is 16.7. The molecule has 0 bridgehead atoms. The van der Waals surface area contributed by atoms with Crippen molar-refractivity contribution < 1.29 is 0 Å². The molecule has 1 aliphatic heterocycles. The van der Waals surface area contributed by atoms with Crippen molar-refractivity contribution in [3.05, 3.63) is 52.2 Å². The van der Waals surface area contributed by atoms with Gasteiger partial charge in [-0.05, 0) is 42.9 Å². The second kappa shape index (κ2) is 8.12. The Morgan fingerprint density at radius 2 is 1.89 bits per heavy atom. The fourth-order valence-electron chi connectivity index (χ4n) is 3.03. The van der Waals surface area contributed by atoms with Crippen LogP contribution in [0.15, 0.2) is 42.7 Å². The number of piperazine rings is 1. The van der Waals surface area contributed by atoms with Crippen LogP contribution in [-0.4, -0.2) is 50.8 Å². The number of aromatic nitrogens is 4. The van der Waals surface area contributed by atoms with E-state index < -0.39 is 0 Å². The van der Waals surface area contributed by atoms with Gasteiger partial charge in [-0.15, -0.1) is 5.10 Å². The molecule has 3 aromatic rings. The number of hydrogen-bond donors (Lipinski definition) is 1. The number of rotatable bonds is 5. The fraction of sp³-hybridized carbons (Fsp3) is 0.333. The smallest absolute Gasteiger partial charge is 0.225 e. The predicted octanol–water partition coefficient (Wildman–Crippen LogP) is 3.30. The van der Waals surface area contributed by atoms with Crippen LogP contribution in [0.2, 0.25) is 0 Å². The summed E-state index contributed by atoms with van der Waals surface area (Å²) >= 11 is 7.00. The van der Waals surface area contributed by atoms with E-state index in [-0.39, 0.29) is 0 Å². The van der Waals surface area contributed by atoms with Crippen LogP contribution in [0.4, 0.5) is 16.8 Å². The standard InChI is InChI=1S/C18H21N7S2/c1-14-4-2-5-15(12-14)21-17-22-25(18(26)27-17)13-23-8-10-24(11-9-23)16-19-6-3-7-20-16/h2-7,12H,8-11,13H2,1H3,(H,21,22).